The van der Waals surface area contributed by atoms with E-state index in [2.05, 4.69) is 23.3 Å². The van der Waals surface area contributed by atoms with Crippen molar-refractivity contribution in [3.63, 3.8) is 0 Å². The maximum Gasteiger partial charge on any atom is 0.255 e. The normalized spacial score (nSPS) is 25.8. The van der Waals surface area contributed by atoms with Gasteiger partial charge >= 0.3 is 0 Å². The second kappa shape index (κ2) is 6.23. The number of amides is 1. The van der Waals surface area contributed by atoms with E-state index >= 15 is 0 Å². The maximum atomic E-state index is 12.3. The number of carbonyl (C=O) groups is 1. The molecule has 1 aromatic rings. The van der Waals surface area contributed by atoms with Crippen molar-refractivity contribution in [2.45, 2.75) is 44.6 Å². The lowest BCUT2D eigenvalue weighted by Gasteiger charge is -2.35. The first-order chi connectivity index (χ1) is 9.60. The number of pyridine rings is 1. The summed E-state index contributed by atoms with van der Waals surface area (Å²) in [7, 11) is 0. The topological polar surface area (TPSA) is 65.8 Å². The second-order valence-corrected chi connectivity index (χ2v) is 5.70. The van der Waals surface area contributed by atoms with E-state index < -0.39 is 5.54 Å². The first-order valence-corrected chi connectivity index (χ1v) is 7.32. The van der Waals surface area contributed by atoms with E-state index in [0.717, 1.165) is 19.3 Å². The van der Waals surface area contributed by atoms with E-state index in [0.29, 0.717) is 24.3 Å². The number of hydrogen-bond donors (Lipinski definition) is 1. The van der Waals surface area contributed by atoms with E-state index in [-0.39, 0.29) is 11.1 Å². The molecule has 1 aliphatic rings. The lowest BCUT2D eigenvalue weighted by molar-refractivity contribution is 0.0891. The van der Waals surface area contributed by atoms with Crippen LogP contribution in [0.15, 0.2) is 18.3 Å². The van der Waals surface area contributed by atoms with Gasteiger partial charge in [-0.15, -0.1) is 0 Å². The quantitative estimate of drug-likeness (QED) is 0.869. The van der Waals surface area contributed by atoms with Crippen molar-refractivity contribution in [1.29, 1.82) is 5.26 Å². The fraction of sp³-hybridized carbons (Fsp3) is 0.533. The fourth-order valence-corrected chi connectivity index (χ4v) is 2.89. The fourth-order valence-electron chi connectivity index (χ4n) is 2.68. The summed E-state index contributed by atoms with van der Waals surface area (Å²) >= 11 is 5.92. The van der Waals surface area contributed by atoms with Crippen LogP contribution in [0, 0.1) is 17.2 Å². The summed E-state index contributed by atoms with van der Waals surface area (Å²) in [4.78, 5) is 16.2. The van der Waals surface area contributed by atoms with Gasteiger partial charge in [0.05, 0.1) is 11.6 Å². The van der Waals surface area contributed by atoms with Gasteiger partial charge in [-0.3, -0.25) is 4.79 Å². The minimum atomic E-state index is -0.762. The van der Waals surface area contributed by atoms with E-state index in [1.54, 1.807) is 12.1 Å². The van der Waals surface area contributed by atoms with E-state index in [4.69, 9.17) is 11.6 Å². The van der Waals surface area contributed by atoms with Gasteiger partial charge in [-0.25, -0.2) is 4.98 Å². The van der Waals surface area contributed by atoms with Crippen LogP contribution in [-0.2, 0) is 0 Å². The molecule has 5 heteroatoms. The van der Waals surface area contributed by atoms with Gasteiger partial charge in [-0.2, -0.15) is 5.26 Å². The Hall–Kier alpha value is -1.60. The van der Waals surface area contributed by atoms with Crippen molar-refractivity contribution in [1.82, 2.24) is 10.3 Å². The zero-order valence-electron chi connectivity index (χ0n) is 11.5. The first kappa shape index (κ1) is 14.8. The Labute approximate surface area is 124 Å². The number of nitriles is 1. The molecule has 0 radical (unpaired) electrons. The van der Waals surface area contributed by atoms with Gasteiger partial charge in [0.1, 0.15) is 10.7 Å². The van der Waals surface area contributed by atoms with Crippen LogP contribution >= 0.6 is 11.6 Å². The highest BCUT2D eigenvalue weighted by Gasteiger charge is 2.36. The molecule has 4 nitrogen and oxygen atoms in total. The Morgan fingerprint density at radius 3 is 2.85 bits per heavy atom. The number of halogens is 1. The lowest BCUT2D eigenvalue weighted by Crippen LogP contribution is -2.49. The molecule has 0 aromatic carbocycles. The molecule has 1 heterocycles. The minimum Gasteiger partial charge on any atom is -0.334 e. The molecule has 20 heavy (non-hydrogen) atoms. The number of hydrogen-bond acceptors (Lipinski definition) is 3. The van der Waals surface area contributed by atoms with Gasteiger partial charge < -0.3 is 5.32 Å². The van der Waals surface area contributed by atoms with Gasteiger partial charge in [0.25, 0.3) is 5.91 Å². The molecule has 1 amide bonds. The molecule has 1 saturated carbocycles. The predicted octanol–water partition coefficient (Wildman–Crippen LogP) is 3.33. The molecule has 1 fully saturated rings. The SMILES string of the molecule is CCC1CCC(C#N)(NC(=O)c2cccnc2Cl)CC1. The van der Waals surface area contributed by atoms with Crippen molar-refractivity contribution in [3.8, 4) is 6.07 Å². The van der Waals surface area contributed by atoms with Crippen LogP contribution in [0.1, 0.15) is 49.4 Å². The second-order valence-electron chi connectivity index (χ2n) is 5.34. The van der Waals surface area contributed by atoms with Crippen LogP contribution in [-0.4, -0.2) is 16.4 Å². The van der Waals surface area contributed by atoms with Gasteiger partial charge in [-0.1, -0.05) is 24.9 Å². The van der Waals surface area contributed by atoms with Gasteiger partial charge in [0.15, 0.2) is 0 Å². The molecule has 0 unspecified atom stereocenters. The standard InChI is InChI=1S/C15H18ClN3O/c1-2-11-5-7-15(10-17,8-6-11)19-14(20)12-4-3-9-18-13(12)16/h3-4,9,11H,2,5-8H2,1H3,(H,19,20). The smallest absolute Gasteiger partial charge is 0.255 e. The number of aromatic nitrogens is 1. The van der Waals surface area contributed by atoms with Crippen LogP contribution in [0.5, 0.6) is 0 Å². The van der Waals surface area contributed by atoms with Gasteiger partial charge in [0.2, 0.25) is 0 Å². The number of rotatable bonds is 3. The van der Waals surface area contributed by atoms with Crippen molar-refractivity contribution in [3.05, 3.63) is 29.0 Å². The van der Waals surface area contributed by atoms with E-state index in [1.165, 1.54) is 6.20 Å². The molecule has 106 valence electrons. The molecule has 1 aliphatic carbocycles. The van der Waals surface area contributed by atoms with Crippen LogP contribution in [0.4, 0.5) is 0 Å². The molecule has 0 atom stereocenters. The van der Waals surface area contributed by atoms with Crippen LogP contribution in [0.3, 0.4) is 0 Å². The highest BCUT2D eigenvalue weighted by atomic mass is 35.5. The molecular formula is C15H18ClN3O. The molecule has 1 aromatic heterocycles. The largest absolute Gasteiger partial charge is 0.334 e. The third kappa shape index (κ3) is 3.10. The van der Waals surface area contributed by atoms with Crippen molar-refractivity contribution >= 4 is 17.5 Å². The Morgan fingerprint density at radius 2 is 2.30 bits per heavy atom. The zero-order valence-corrected chi connectivity index (χ0v) is 12.3. The maximum absolute atomic E-state index is 12.3. The molecule has 0 spiro atoms. The van der Waals surface area contributed by atoms with Gasteiger partial charge in [0, 0.05) is 6.20 Å². The zero-order chi connectivity index (χ0) is 14.6. The third-order valence-electron chi connectivity index (χ3n) is 4.11. The third-order valence-corrected chi connectivity index (χ3v) is 4.41. The minimum absolute atomic E-state index is 0.167. The number of nitrogens with zero attached hydrogens (tertiary/aromatic N) is 2. The Kier molecular flexibility index (Phi) is 4.61. The highest BCUT2D eigenvalue weighted by Crippen LogP contribution is 2.33. The van der Waals surface area contributed by atoms with Crippen molar-refractivity contribution < 1.29 is 4.79 Å². The molecule has 2 rings (SSSR count). The number of nitrogens with one attached hydrogen (secondary N) is 1. The summed E-state index contributed by atoms with van der Waals surface area (Å²) in [5.74, 6) is 0.343. The average molecular weight is 292 g/mol. The van der Waals surface area contributed by atoms with Crippen LogP contribution in [0.25, 0.3) is 0 Å². The Balaban J connectivity index is 2.10. The summed E-state index contributed by atoms with van der Waals surface area (Å²) in [6, 6.07) is 5.57. The summed E-state index contributed by atoms with van der Waals surface area (Å²) in [5, 5.41) is 12.5. The van der Waals surface area contributed by atoms with Crippen LogP contribution in [0.2, 0.25) is 5.15 Å². The Bertz CT molecular complexity index is 530. The molecule has 0 aliphatic heterocycles. The molecule has 0 bridgehead atoms. The predicted molar refractivity (Wildman–Crippen MR) is 77.3 cm³/mol. The highest BCUT2D eigenvalue weighted by molar-refractivity contribution is 6.32. The summed E-state index contributed by atoms with van der Waals surface area (Å²) in [6.07, 6.45) is 6.02. The Morgan fingerprint density at radius 1 is 1.60 bits per heavy atom. The summed E-state index contributed by atoms with van der Waals surface area (Å²) in [5.41, 5.74) is -0.441. The van der Waals surface area contributed by atoms with E-state index in [1.807, 2.05) is 0 Å². The van der Waals surface area contributed by atoms with E-state index in [9.17, 15) is 10.1 Å². The van der Waals surface area contributed by atoms with Crippen molar-refractivity contribution in [2.75, 3.05) is 0 Å². The molecule has 1 N–H and O–H groups in total. The number of carbonyl (C=O) groups excluding carboxylic acids is 1. The average Bonchev–Trinajstić information content (AvgIpc) is 2.48. The monoisotopic (exact) mass is 291 g/mol. The first-order valence-electron chi connectivity index (χ1n) is 6.94. The lowest BCUT2D eigenvalue weighted by atomic mass is 9.76. The molecular weight excluding hydrogens is 274 g/mol. The van der Waals surface area contributed by atoms with Crippen LogP contribution < -0.4 is 5.32 Å². The summed E-state index contributed by atoms with van der Waals surface area (Å²) in [6.45, 7) is 2.16. The van der Waals surface area contributed by atoms with Gasteiger partial charge in [-0.05, 0) is 43.7 Å². The molecule has 0 saturated heterocycles. The summed E-state index contributed by atoms with van der Waals surface area (Å²) < 4.78 is 0. The van der Waals surface area contributed by atoms with Crippen molar-refractivity contribution in [2.24, 2.45) is 5.92 Å².